The first-order chi connectivity index (χ1) is 3.85. The maximum atomic E-state index is 8.50. The van der Waals surface area contributed by atoms with Gasteiger partial charge >= 0.3 is 0 Å². The van der Waals surface area contributed by atoms with Crippen molar-refractivity contribution >= 4 is 11.8 Å². The quantitative estimate of drug-likeness (QED) is 0.583. The van der Waals surface area contributed by atoms with E-state index in [9.17, 15) is 0 Å². The van der Waals surface area contributed by atoms with Gasteiger partial charge in [-0.05, 0) is 17.2 Å². The maximum Gasteiger partial charge on any atom is 0.0686 e. The Bertz CT molecular complexity index is 96.7. The third-order valence-electron chi connectivity index (χ3n) is 0.714. The maximum absolute atomic E-state index is 8.50. The molecule has 0 aliphatic rings. The molecule has 0 radical (unpaired) electrons. The van der Waals surface area contributed by atoms with Crippen LogP contribution in [0.15, 0.2) is 23.6 Å². The first kappa shape index (κ1) is 7.79. The van der Waals surface area contributed by atoms with Gasteiger partial charge in [-0.2, -0.15) is 0 Å². The average Bonchev–Trinajstić information content (AvgIpc) is 1.83. The third-order valence-corrected chi connectivity index (χ3v) is 1.25. The van der Waals surface area contributed by atoms with Crippen molar-refractivity contribution in [2.24, 2.45) is 0 Å². The van der Waals surface area contributed by atoms with Crippen molar-refractivity contribution in [2.75, 3.05) is 12.9 Å². The van der Waals surface area contributed by atoms with Crippen LogP contribution >= 0.6 is 11.8 Å². The van der Waals surface area contributed by atoms with Crippen molar-refractivity contribution in [1.82, 2.24) is 0 Å². The Morgan fingerprint density at radius 1 is 1.88 bits per heavy atom. The van der Waals surface area contributed by atoms with Crippen LogP contribution in [0, 0.1) is 0 Å². The second kappa shape index (κ2) is 4.94. The molecule has 46 valence electrons. The Kier molecular flexibility index (Phi) is 4.81. The van der Waals surface area contributed by atoms with E-state index >= 15 is 0 Å². The van der Waals surface area contributed by atoms with Gasteiger partial charge in [-0.25, -0.2) is 0 Å². The molecule has 0 amide bonds. The lowest BCUT2D eigenvalue weighted by Gasteiger charge is -1.90. The molecule has 0 saturated carbocycles. The minimum Gasteiger partial charge on any atom is -0.392 e. The molecule has 0 aliphatic carbocycles. The van der Waals surface area contributed by atoms with Gasteiger partial charge in [-0.1, -0.05) is 12.7 Å². The van der Waals surface area contributed by atoms with Crippen LogP contribution < -0.4 is 0 Å². The number of rotatable bonds is 3. The van der Waals surface area contributed by atoms with Gasteiger partial charge in [0.2, 0.25) is 0 Å². The van der Waals surface area contributed by atoms with Crippen LogP contribution in [0.2, 0.25) is 0 Å². The Labute approximate surface area is 54.1 Å². The van der Waals surface area contributed by atoms with E-state index in [2.05, 4.69) is 6.58 Å². The zero-order valence-corrected chi connectivity index (χ0v) is 5.74. The Morgan fingerprint density at radius 2 is 2.50 bits per heavy atom. The monoisotopic (exact) mass is 130 g/mol. The largest absolute Gasteiger partial charge is 0.392 e. The first-order valence-corrected chi connectivity index (χ1v) is 3.59. The van der Waals surface area contributed by atoms with E-state index in [1.54, 1.807) is 17.8 Å². The predicted octanol–water partition coefficient (Wildman–Crippen LogP) is 1.41. The molecular weight excluding hydrogens is 120 g/mol. The Morgan fingerprint density at radius 3 is 2.62 bits per heavy atom. The van der Waals surface area contributed by atoms with Gasteiger partial charge in [-0.15, -0.1) is 11.8 Å². The second-order valence-electron chi connectivity index (χ2n) is 1.29. The topological polar surface area (TPSA) is 20.2 Å². The van der Waals surface area contributed by atoms with Crippen LogP contribution in [0.1, 0.15) is 0 Å². The summed E-state index contributed by atoms with van der Waals surface area (Å²) < 4.78 is 0. The molecule has 8 heavy (non-hydrogen) atoms. The highest BCUT2D eigenvalue weighted by Gasteiger charge is 1.82. The van der Waals surface area contributed by atoms with E-state index < -0.39 is 0 Å². The Hall–Kier alpha value is -0.210. The zero-order valence-electron chi connectivity index (χ0n) is 4.92. The van der Waals surface area contributed by atoms with Crippen LogP contribution in [-0.2, 0) is 0 Å². The summed E-state index contributed by atoms with van der Waals surface area (Å²) in [7, 11) is 0. The van der Waals surface area contributed by atoms with E-state index in [0.29, 0.717) is 0 Å². The first-order valence-electron chi connectivity index (χ1n) is 2.30. The third kappa shape index (κ3) is 2.88. The lowest BCUT2D eigenvalue weighted by atomic mass is 10.3. The van der Waals surface area contributed by atoms with E-state index in [1.165, 1.54) is 0 Å². The molecular formula is C6H10OS. The fourth-order valence-corrected chi connectivity index (χ4v) is 0.775. The summed E-state index contributed by atoms with van der Waals surface area (Å²) in [6.07, 6.45) is 3.59. The molecule has 0 atom stereocenters. The molecule has 0 aliphatic heterocycles. The van der Waals surface area contributed by atoms with E-state index in [-0.39, 0.29) is 6.61 Å². The predicted molar refractivity (Wildman–Crippen MR) is 38.9 cm³/mol. The molecule has 0 aromatic rings. The average molecular weight is 130 g/mol. The number of thioether (sulfide) groups is 1. The van der Waals surface area contributed by atoms with Gasteiger partial charge in [0.05, 0.1) is 6.61 Å². The standard InChI is InChI=1S/C6H10OS/c1-3-6(4-7)5-8-2/h3,5,7H,1,4H2,2H3/b6-5+. The van der Waals surface area contributed by atoms with Crippen molar-refractivity contribution in [1.29, 1.82) is 0 Å². The number of aliphatic hydroxyl groups is 1. The van der Waals surface area contributed by atoms with Crippen molar-refractivity contribution in [3.63, 3.8) is 0 Å². The lowest BCUT2D eigenvalue weighted by molar-refractivity contribution is 0.335. The van der Waals surface area contributed by atoms with Gasteiger partial charge in [0, 0.05) is 0 Å². The minimum absolute atomic E-state index is 0.0876. The molecule has 0 unspecified atom stereocenters. The highest BCUT2D eigenvalue weighted by atomic mass is 32.2. The molecule has 0 saturated heterocycles. The highest BCUT2D eigenvalue weighted by Crippen LogP contribution is 2.01. The summed E-state index contributed by atoms with van der Waals surface area (Å²) in [6.45, 7) is 3.60. The van der Waals surface area contributed by atoms with Crippen molar-refractivity contribution < 1.29 is 5.11 Å². The Balaban J connectivity index is 3.66. The van der Waals surface area contributed by atoms with Crippen molar-refractivity contribution in [3.05, 3.63) is 23.6 Å². The highest BCUT2D eigenvalue weighted by molar-refractivity contribution is 8.01. The molecule has 0 spiro atoms. The molecule has 0 heterocycles. The van der Waals surface area contributed by atoms with Crippen LogP contribution in [-0.4, -0.2) is 18.0 Å². The fourth-order valence-electron chi connectivity index (χ4n) is 0.301. The summed E-state index contributed by atoms with van der Waals surface area (Å²) in [5.74, 6) is 0. The molecule has 2 heteroatoms. The molecule has 0 rings (SSSR count). The van der Waals surface area contributed by atoms with E-state index in [1.807, 2.05) is 11.7 Å². The second-order valence-corrected chi connectivity index (χ2v) is 2.00. The van der Waals surface area contributed by atoms with Gasteiger partial charge in [0.15, 0.2) is 0 Å². The van der Waals surface area contributed by atoms with Gasteiger partial charge in [0.1, 0.15) is 0 Å². The summed E-state index contributed by atoms with van der Waals surface area (Å²) >= 11 is 1.57. The summed E-state index contributed by atoms with van der Waals surface area (Å²) in [6, 6.07) is 0. The SMILES string of the molecule is C=C/C(=C\SC)CO. The van der Waals surface area contributed by atoms with Gasteiger partial charge < -0.3 is 5.11 Å². The number of aliphatic hydroxyl groups excluding tert-OH is 1. The van der Waals surface area contributed by atoms with Gasteiger partial charge in [0.25, 0.3) is 0 Å². The smallest absolute Gasteiger partial charge is 0.0686 e. The molecule has 0 aromatic carbocycles. The van der Waals surface area contributed by atoms with Crippen LogP contribution in [0.4, 0.5) is 0 Å². The van der Waals surface area contributed by atoms with Crippen LogP contribution in [0.25, 0.3) is 0 Å². The normalized spacial score (nSPS) is 11.5. The van der Waals surface area contributed by atoms with Crippen LogP contribution in [0.3, 0.4) is 0 Å². The van der Waals surface area contributed by atoms with Crippen molar-refractivity contribution in [2.45, 2.75) is 0 Å². The summed E-state index contributed by atoms with van der Waals surface area (Å²) in [5.41, 5.74) is 0.873. The molecule has 1 nitrogen and oxygen atoms in total. The van der Waals surface area contributed by atoms with E-state index in [4.69, 9.17) is 5.11 Å². The van der Waals surface area contributed by atoms with Crippen molar-refractivity contribution in [3.8, 4) is 0 Å². The molecule has 0 fully saturated rings. The lowest BCUT2D eigenvalue weighted by Crippen LogP contribution is -1.82. The zero-order chi connectivity index (χ0) is 6.41. The fraction of sp³-hybridized carbons (Fsp3) is 0.333. The minimum atomic E-state index is 0.0876. The van der Waals surface area contributed by atoms with Gasteiger partial charge in [-0.3, -0.25) is 0 Å². The molecule has 0 aromatic heterocycles. The van der Waals surface area contributed by atoms with E-state index in [0.717, 1.165) is 5.57 Å². The number of hydrogen-bond acceptors (Lipinski definition) is 2. The molecule has 1 N–H and O–H groups in total. The van der Waals surface area contributed by atoms with Crippen LogP contribution in [0.5, 0.6) is 0 Å². The summed E-state index contributed by atoms with van der Waals surface area (Å²) in [5, 5.41) is 10.4. The summed E-state index contributed by atoms with van der Waals surface area (Å²) in [4.78, 5) is 0. The number of hydrogen-bond donors (Lipinski definition) is 1. The molecule has 0 bridgehead atoms.